The zero-order valence-electron chi connectivity index (χ0n) is 13.2. The molecule has 1 saturated heterocycles. The van der Waals surface area contributed by atoms with Crippen LogP contribution in [0.3, 0.4) is 0 Å². The lowest BCUT2D eigenvalue weighted by Crippen LogP contribution is -2.53. The summed E-state index contributed by atoms with van der Waals surface area (Å²) in [7, 11) is 0. The third kappa shape index (κ3) is 3.83. The number of likely N-dealkylation sites (tertiary alicyclic amines) is 1. The lowest BCUT2D eigenvalue weighted by molar-refractivity contribution is 0.114. The van der Waals surface area contributed by atoms with Crippen molar-refractivity contribution in [3.05, 3.63) is 35.4 Å². The molecule has 1 heterocycles. The third-order valence-corrected chi connectivity index (χ3v) is 4.83. The van der Waals surface area contributed by atoms with E-state index in [0.717, 1.165) is 19.4 Å². The van der Waals surface area contributed by atoms with Gasteiger partial charge in [0.05, 0.1) is 0 Å². The van der Waals surface area contributed by atoms with E-state index in [1.54, 1.807) is 0 Å². The van der Waals surface area contributed by atoms with Crippen LogP contribution in [0.2, 0.25) is 0 Å². The Morgan fingerprint density at radius 2 is 1.55 bits per heavy atom. The van der Waals surface area contributed by atoms with E-state index in [1.165, 1.54) is 49.9 Å². The Morgan fingerprint density at radius 3 is 2.05 bits per heavy atom. The lowest BCUT2D eigenvalue weighted by atomic mass is 9.90. The highest BCUT2D eigenvalue weighted by Gasteiger charge is 2.30. The second kappa shape index (κ2) is 7.24. The van der Waals surface area contributed by atoms with Gasteiger partial charge in [-0.15, -0.1) is 0 Å². The molecule has 1 aromatic rings. The zero-order chi connectivity index (χ0) is 14.4. The molecule has 2 nitrogen and oxygen atoms in total. The first-order chi connectivity index (χ1) is 9.68. The number of hydrogen-bond acceptors (Lipinski definition) is 2. The number of aryl methyl sites for hydroxylation is 1. The summed E-state index contributed by atoms with van der Waals surface area (Å²) in [5.74, 6) is 0. The summed E-state index contributed by atoms with van der Waals surface area (Å²) in [6.07, 6.45) is 7.58. The SMILES string of the molecule is CCc1ccc(CC(C)(CN)N2CCCCCC2)cc1. The molecule has 2 rings (SSSR count). The van der Waals surface area contributed by atoms with Crippen LogP contribution >= 0.6 is 0 Å². The van der Waals surface area contributed by atoms with Crippen molar-refractivity contribution < 1.29 is 0 Å². The van der Waals surface area contributed by atoms with Crippen molar-refractivity contribution in [1.82, 2.24) is 4.90 Å². The number of hydrogen-bond donors (Lipinski definition) is 1. The summed E-state index contributed by atoms with van der Waals surface area (Å²) in [6, 6.07) is 9.08. The molecular formula is C18H30N2. The average molecular weight is 274 g/mol. The monoisotopic (exact) mass is 274 g/mol. The van der Waals surface area contributed by atoms with E-state index in [0.29, 0.717) is 0 Å². The number of rotatable bonds is 5. The molecule has 1 aliphatic heterocycles. The van der Waals surface area contributed by atoms with Gasteiger partial charge in [0, 0.05) is 12.1 Å². The second-order valence-corrected chi connectivity index (χ2v) is 6.45. The Morgan fingerprint density at radius 1 is 1.00 bits per heavy atom. The summed E-state index contributed by atoms with van der Waals surface area (Å²) in [5.41, 5.74) is 9.09. The number of benzene rings is 1. The van der Waals surface area contributed by atoms with Crippen LogP contribution in [-0.2, 0) is 12.8 Å². The molecule has 1 atom stereocenters. The van der Waals surface area contributed by atoms with E-state index in [2.05, 4.69) is 43.0 Å². The van der Waals surface area contributed by atoms with Crippen LogP contribution in [0.25, 0.3) is 0 Å². The van der Waals surface area contributed by atoms with E-state index < -0.39 is 0 Å². The summed E-state index contributed by atoms with van der Waals surface area (Å²) in [6.45, 7) is 7.70. The van der Waals surface area contributed by atoms with E-state index in [1.807, 2.05) is 0 Å². The summed E-state index contributed by atoms with van der Waals surface area (Å²) in [4.78, 5) is 2.63. The first kappa shape index (κ1) is 15.5. The van der Waals surface area contributed by atoms with Gasteiger partial charge < -0.3 is 5.73 Å². The molecule has 0 saturated carbocycles. The van der Waals surface area contributed by atoms with Crippen LogP contribution in [0.15, 0.2) is 24.3 Å². The van der Waals surface area contributed by atoms with Gasteiger partial charge in [-0.05, 0) is 56.8 Å². The molecule has 2 N–H and O–H groups in total. The minimum Gasteiger partial charge on any atom is -0.329 e. The molecule has 112 valence electrons. The molecule has 0 radical (unpaired) electrons. The molecule has 0 bridgehead atoms. The number of nitrogens with zero attached hydrogens (tertiary/aromatic N) is 1. The van der Waals surface area contributed by atoms with Crippen molar-refractivity contribution in [2.45, 2.75) is 57.9 Å². The van der Waals surface area contributed by atoms with Crippen LogP contribution < -0.4 is 5.73 Å². The first-order valence-corrected chi connectivity index (χ1v) is 8.21. The Labute approximate surface area is 124 Å². The summed E-state index contributed by atoms with van der Waals surface area (Å²) in [5, 5.41) is 0. The standard InChI is InChI=1S/C18H30N2/c1-3-16-8-10-17(11-9-16)14-18(2,15-19)20-12-6-4-5-7-13-20/h8-11H,3-7,12-15,19H2,1-2H3. The van der Waals surface area contributed by atoms with Gasteiger partial charge >= 0.3 is 0 Å². The summed E-state index contributed by atoms with van der Waals surface area (Å²) < 4.78 is 0. The molecule has 20 heavy (non-hydrogen) atoms. The maximum absolute atomic E-state index is 6.15. The van der Waals surface area contributed by atoms with Crippen molar-refractivity contribution in [1.29, 1.82) is 0 Å². The maximum atomic E-state index is 6.15. The van der Waals surface area contributed by atoms with E-state index in [-0.39, 0.29) is 5.54 Å². The molecule has 0 amide bonds. The Kier molecular flexibility index (Phi) is 5.62. The minimum atomic E-state index is 0.109. The molecule has 0 aromatic heterocycles. The minimum absolute atomic E-state index is 0.109. The highest BCUT2D eigenvalue weighted by molar-refractivity contribution is 5.24. The average Bonchev–Trinajstić information content (AvgIpc) is 2.77. The lowest BCUT2D eigenvalue weighted by Gasteiger charge is -2.40. The predicted octanol–water partition coefficient (Wildman–Crippen LogP) is 3.38. The molecular weight excluding hydrogens is 244 g/mol. The van der Waals surface area contributed by atoms with Gasteiger partial charge in [-0.3, -0.25) is 4.90 Å². The Balaban J connectivity index is 2.08. The molecule has 1 aromatic carbocycles. The smallest absolute Gasteiger partial charge is 0.0343 e. The van der Waals surface area contributed by atoms with Crippen molar-refractivity contribution in [3.8, 4) is 0 Å². The highest BCUT2D eigenvalue weighted by Crippen LogP contribution is 2.24. The predicted molar refractivity (Wildman–Crippen MR) is 87.0 cm³/mol. The van der Waals surface area contributed by atoms with Crippen LogP contribution in [-0.4, -0.2) is 30.1 Å². The van der Waals surface area contributed by atoms with Gasteiger partial charge in [0.25, 0.3) is 0 Å². The van der Waals surface area contributed by atoms with Crippen LogP contribution in [0.5, 0.6) is 0 Å². The number of nitrogens with two attached hydrogens (primary N) is 1. The van der Waals surface area contributed by atoms with Crippen molar-refractivity contribution in [3.63, 3.8) is 0 Å². The second-order valence-electron chi connectivity index (χ2n) is 6.45. The van der Waals surface area contributed by atoms with E-state index in [4.69, 9.17) is 5.73 Å². The van der Waals surface area contributed by atoms with E-state index >= 15 is 0 Å². The fourth-order valence-electron chi connectivity index (χ4n) is 3.26. The first-order valence-electron chi connectivity index (χ1n) is 8.21. The van der Waals surface area contributed by atoms with Crippen LogP contribution in [0, 0.1) is 0 Å². The molecule has 1 unspecified atom stereocenters. The normalized spacial score (nSPS) is 20.4. The van der Waals surface area contributed by atoms with Crippen LogP contribution in [0.1, 0.15) is 50.7 Å². The quantitative estimate of drug-likeness (QED) is 0.892. The van der Waals surface area contributed by atoms with Gasteiger partial charge in [-0.25, -0.2) is 0 Å². The maximum Gasteiger partial charge on any atom is 0.0343 e. The van der Waals surface area contributed by atoms with E-state index in [9.17, 15) is 0 Å². The van der Waals surface area contributed by atoms with Crippen molar-refractivity contribution in [2.75, 3.05) is 19.6 Å². The van der Waals surface area contributed by atoms with Crippen molar-refractivity contribution in [2.24, 2.45) is 5.73 Å². The van der Waals surface area contributed by atoms with Gasteiger partial charge in [0.1, 0.15) is 0 Å². The van der Waals surface area contributed by atoms with Gasteiger partial charge in [0.2, 0.25) is 0 Å². The Hall–Kier alpha value is -0.860. The Bertz CT molecular complexity index is 390. The summed E-state index contributed by atoms with van der Waals surface area (Å²) >= 11 is 0. The third-order valence-electron chi connectivity index (χ3n) is 4.83. The zero-order valence-corrected chi connectivity index (χ0v) is 13.2. The van der Waals surface area contributed by atoms with Crippen LogP contribution in [0.4, 0.5) is 0 Å². The van der Waals surface area contributed by atoms with Crippen molar-refractivity contribution >= 4 is 0 Å². The molecule has 0 spiro atoms. The largest absolute Gasteiger partial charge is 0.329 e. The fourth-order valence-corrected chi connectivity index (χ4v) is 3.26. The topological polar surface area (TPSA) is 29.3 Å². The molecule has 1 aliphatic rings. The molecule has 2 heteroatoms. The fraction of sp³-hybridized carbons (Fsp3) is 0.667. The highest BCUT2D eigenvalue weighted by atomic mass is 15.2. The molecule has 1 fully saturated rings. The van der Waals surface area contributed by atoms with Gasteiger partial charge in [-0.1, -0.05) is 44.0 Å². The molecule has 0 aliphatic carbocycles. The van der Waals surface area contributed by atoms with Gasteiger partial charge in [0.15, 0.2) is 0 Å². The van der Waals surface area contributed by atoms with Gasteiger partial charge in [-0.2, -0.15) is 0 Å².